The number of ether oxygens (including phenoxy) is 1. The van der Waals surface area contributed by atoms with Crippen LogP contribution in [0.3, 0.4) is 0 Å². The van der Waals surface area contributed by atoms with Gasteiger partial charge in [-0.25, -0.2) is 0 Å². The van der Waals surface area contributed by atoms with Gasteiger partial charge in [-0.1, -0.05) is 48.5 Å². The molecule has 0 aliphatic carbocycles. The van der Waals surface area contributed by atoms with E-state index in [0.717, 1.165) is 42.6 Å². The minimum Gasteiger partial charge on any atom is -0.379 e. The average Bonchev–Trinajstić information content (AvgIpc) is 2.79. The Morgan fingerprint density at radius 3 is 2.43 bits per heavy atom. The molecular formula is C25H29N3O2. The van der Waals surface area contributed by atoms with Gasteiger partial charge in [0.1, 0.15) is 0 Å². The Morgan fingerprint density at radius 1 is 1.00 bits per heavy atom. The number of nitrogens with one attached hydrogen (secondary N) is 1. The molecule has 1 N–H and O–H groups in total. The first-order chi connectivity index (χ1) is 14.6. The molecule has 1 atom stereocenters. The molecule has 0 unspecified atom stereocenters. The number of anilines is 1. The summed E-state index contributed by atoms with van der Waals surface area (Å²) in [6.07, 6.45) is 0. The lowest BCUT2D eigenvalue weighted by molar-refractivity contribution is 0.0162. The molecule has 1 aliphatic rings. The van der Waals surface area contributed by atoms with E-state index in [1.165, 1.54) is 11.3 Å². The van der Waals surface area contributed by atoms with Crippen LogP contribution in [-0.4, -0.2) is 57.8 Å². The lowest BCUT2D eigenvalue weighted by Gasteiger charge is -2.35. The largest absolute Gasteiger partial charge is 0.379 e. The molecule has 1 aliphatic heterocycles. The fraction of sp³-hybridized carbons (Fsp3) is 0.320. The number of rotatable bonds is 6. The lowest BCUT2D eigenvalue weighted by Crippen LogP contribution is -2.43. The number of fused-ring (bicyclic) bond motifs is 1. The zero-order valence-corrected chi connectivity index (χ0v) is 17.7. The van der Waals surface area contributed by atoms with Crippen molar-refractivity contribution in [1.82, 2.24) is 10.2 Å². The Kier molecular flexibility index (Phi) is 6.31. The fourth-order valence-electron chi connectivity index (χ4n) is 4.05. The van der Waals surface area contributed by atoms with Gasteiger partial charge in [0.05, 0.1) is 19.3 Å². The summed E-state index contributed by atoms with van der Waals surface area (Å²) >= 11 is 0. The van der Waals surface area contributed by atoms with Crippen molar-refractivity contribution in [2.75, 3.05) is 51.8 Å². The third kappa shape index (κ3) is 4.48. The van der Waals surface area contributed by atoms with Gasteiger partial charge < -0.3 is 15.0 Å². The van der Waals surface area contributed by atoms with E-state index in [4.69, 9.17) is 4.74 Å². The summed E-state index contributed by atoms with van der Waals surface area (Å²) < 4.78 is 5.54. The van der Waals surface area contributed by atoms with Crippen LogP contribution in [0.5, 0.6) is 0 Å². The van der Waals surface area contributed by atoms with Gasteiger partial charge in [0.25, 0.3) is 5.91 Å². The standard InChI is InChI=1S/C25H29N3O2/c1-27(2)21-12-10-20(11-13-21)24(28-14-16-30-17-15-28)18-26-25(29)23-9-5-7-19-6-3-4-8-22(19)23/h3-13,24H,14-18H2,1-2H3,(H,26,29)/t24-/m1/s1. The highest BCUT2D eigenvalue weighted by Gasteiger charge is 2.23. The fourth-order valence-corrected chi connectivity index (χ4v) is 4.05. The maximum Gasteiger partial charge on any atom is 0.251 e. The second-order valence-electron chi connectivity index (χ2n) is 7.89. The van der Waals surface area contributed by atoms with E-state index in [2.05, 4.69) is 39.4 Å². The van der Waals surface area contributed by atoms with Crippen LogP contribution in [0.2, 0.25) is 0 Å². The summed E-state index contributed by atoms with van der Waals surface area (Å²) in [6.45, 7) is 3.74. The van der Waals surface area contributed by atoms with Gasteiger partial charge in [-0.15, -0.1) is 0 Å². The van der Waals surface area contributed by atoms with E-state index < -0.39 is 0 Å². The lowest BCUT2D eigenvalue weighted by atomic mass is 10.0. The quantitative estimate of drug-likeness (QED) is 0.682. The number of morpholine rings is 1. The van der Waals surface area contributed by atoms with Crippen LogP contribution in [0.15, 0.2) is 66.7 Å². The number of amides is 1. The highest BCUT2D eigenvalue weighted by Crippen LogP contribution is 2.24. The molecule has 1 amide bonds. The first-order valence-electron chi connectivity index (χ1n) is 10.5. The highest BCUT2D eigenvalue weighted by atomic mass is 16.5. The molecule has 0 spiro atoms. The van der Waals surface area contributed by atoms with Gasteiger partial charge in [-0.2, -0.15) is 0 Å². The van der Waals surface area contributed by atoms with Gasteiger partial charge in [0, 0.05) is 45.0 Å². The molecule has 1 saturated heterocycles. The Balaban J connectivity index is 1.54. The van der Waals surface area contributed by atoms with Crippen LogP contribution < -0.4 is 10.2 Å². The van der Waals surface area contributed by atoms with Crippen LogP contribution in [0, 0.1) is 0 Å². The molecule has 3 aromatic carbocycles. The van der Waals surface area contributed by atoms with Gasteiger partial charge in [-0.05, 0) is 34.5 Å². The molecule has 0 saturated carbocycles. The topological polar surface area (TPSA) is 44.8 Å². The molecule has 30 heavy (non-hydrogen) atoms. The van der Waals surface area contributed by atoms with E-state index in [0.29, 0.717) is 6.54 Å². The monoisotopic (exact) mass is 403 g/mol. The Labute approximate surface area is 178 Å². The Hall–Kier alpha value is -2.89. The van der Waals surface area contributed by atoms with Crippen molar-refractivity contribution >= 4 is 22.4 Å². The van der Waals surface area contributed by atoms with Gasteiger partial charge in [-0.3, -0.25) is 9.69 Å². The smallest absolute Gasteiger partial charge is 0.251 e. The second kappa shape index (κ2) is 9.28. The number of benzene rings is 3. The average molecular weight is 404 g/mol. The zero-order valence-electron chi connectivity index (χ0n) is 17.7. The molecule has 0 radical (unpaired) electrons. The minimum absolute atomic E-state index is 0.0324. The SMILES string of the molecule is CN(C)c1ccc([C@@H](CNC(=O)c2cccc3ccccc23)N2CCOCC2)cc1. The molecule has 0 aromatic heterocycles. The predicted molar refractivity (Wildman–Crippen MR) is 122 cm³/mol. The van der Waals surface area contributed by atoms with Gasteiger partial charge in [0.15, 0.2) is 0 Å². The van der Waals surface area contributed by atoms with Crippen molar-refractivity contribution in [2.24, 2.45) is 0 Å². The van der Waals surface area contributed by atoms with Crippen molar-refractivity contribution in [3.8, 4) is 0 Å². The molecular weight excluding hydrogens is 374 g/mol. The Morgan fingerprint density at radius 2 is 1.70 bits per heavy atom. The summed E-state index contributed by atoms with van der Waals surface area (Å²) in [7, 11) is 4.08. The number of nitrogens with zero attached hydrogens (tertiary/aromatic N) is 2. The molecule has 156 valence electrons. The van der Waals surface area contributed by atoms with Crippen molar-refractivity contribution in [2.45, 2.75) is 6.04 Å². The normalized spacial score (nSPS) is 15.7. The van der Waals surface area contributed by atoms with Crippen molar-refractivity contribution in [3.05, 3.63) is 77.9 Å². The molecule has 3 aromatic rings. The third-order valence-electron chi connectivity index (χ3n) is 5.77. The number of hydrogen-bond donors (Lipinski definition) is 1. The number of carbonyl (C=O) groups excluding carboxylic acids is 1. The third-order valence-corrected chi connectivity index (χ3v) is 5.77. The van der Waals surface area contributed by atoms with E-state index >= 15 is 0 Å². The summed E-state index contributed by atoms with van der Waals surface area (Å²) in [6, 6.07) is 22.6. The summed E-state index contributed by atoms with van der Waals surface area (Å²) in [5, 5.41) is 5.25. The number of hydrogen-bond acceptors (Lipinski definition) is 4. The zero-order chi connectivity index (χ0) is 20.9. The van der Waals surface area contributed by atoms with Crippen LogP contribution >= 0.6 is 0 Å². The van der Waals surface area contributed by atoms with Crippen LogP contribution in [0.1, 0.15) is 22.0 Å². The van der Waals surface area contributed by atoms with Crippen LogP contribution in [-0.2, 0) is 4.74 Å². The van der Waals surface area contributed by atoms with Gasteiger partial charge >= 0.3 is 0 Å². The van der Waals surface area contributed by atoms with Gasteiger partial charge in [0.2, 0.25) is 0 Å². The van der Waals surface area contributed by atoms with Crippen LogP contribution in [0.25, 0.3) is 10.8 Å². The second-order valence-corrected chi connectivity index (χ2v) is 7.89. The summed E-state index contributed by atoms with van der Waals surface area (Å²) in [5.41, 5.74) is 3.09. The maximum atomic E-state index is 13.1. The highest BCUT2D eigenvalue weighted by molar-refractivity contribution is 6.07. The molecule has 5 nitrogen and oxygen atoms in total. The molecule has 4 rings (SSSR count). The first-order valence-corrected chi connectivity index (χ1v) is 10.5. The molecule has 1 fully saturated rings. The Bertz CT molecular complexity index is 989. The maximum absolute atomic E-state index is 13.1. The van der Waals surface area contributed by atoms with Crippen molar-refractivity contribution in [3.63, 3.8) is 0 Å². The van der Waals surface area contributed by atoms with Crippen molar-refractivity contribution < 1.29 is 9.53 Å². The summed E-state index contributed by atoms with van der Waals surface area (Å²) in [4.78, 5) is 17.6. The molecule has 1 heterocycles. The van der Waals surface area contributed by atoms with E-state index in [1.54, 1.807) is 0 Å². The predicted octanol–water partition coefficient (Wildman–Crippen LogP) is 3.71. The minimum atomic E-state index is -0.0324. The molecule has 0 bridgehead atoms. The van der Waals surface area contributed by atoms with E-state index in [9.17, 15) is 4.79 Å². The van der Waals surface area contributed by atoms with Crippen LogP contribution in [0.4, 0.5) is 5.69 Å². The number of carbonyl (C=O) groups is 1. The first kappa shape index (κ1) is 20.4. The van der Waals surface area contributed by atoms with E-state index in [1.807, 2.05) is 56.6 Å². The van der Waals surface area contributed by atoms with E-state index in [-0.39, 0.29) is 11.9 Å². The molecule has 5 heteroatoms. The van der Waals surface area contributed by atoms with Crippen molar-refractivity contribution in [1.29, 1.82) is 0 Å². The summed E-state index contributed by atoms with van der Waals surface area (Å²) in [5.74, 6) is -0.0324.